The second-order valence-electron chi connectivity index (χ2n) is 3.91. The molecule has 0 aliphatic heterocycles. The minimum atomic E-state index is 0.297. The molecular formula is C12H13ClN2OS. The number of phenolic OH excluding ortho intramolecular Hbond substituents is 1. The monoisotopic (exact) mass is 268 g/mol. The molecule has 0 radical (unpaired) electrons. The van der Waals surface area contributed by atoms with Crippen molar-refractivity contribution < 1.29 is 5.11 Å². The summed E-state index contributed by atoms with van der Waals surface area (Å²) in [6, 6.07) is 3.87. The zero-order chi connectivity index (χ0) is 12.4. The van der Waals surface area contributed by atoms with Crippen LogP contribution in [0.5, 0.6) is 5.75 Å². The summed E-state index contributed by atoms with van der Waals surface area (Å²) in [7, 11) is 0. The van der Waals surface area contributed by atoms with E-state index in [2.05, 4.69) is 10.3 Å². The molecule has 5 heteroatoms. The van der Waals surface area contributed by atoms with Crippen molar-refractivity contribution in [1.29, 1.82) is 0 Å². The maximum Gasteiger partial charge on any atom is 0.183 e. The molecule has 2 N–H and O–H groups in total. The van der Waals surface area contributed by atoms with Crippen LogP contribution in [0.4, 0.5) is 5.69 Å². The average Bonchev–Trinajstić information content (AvgIpc) is 2.67. The molecule has 1 aromatic heterocycles. The minimum Gasteiger partial charge on any atom is -0.506 e. The van der Waals surface area contributed by atoms with E-state index >= 15 is 0 Å². The lowest BCUT2D eigenvalue weighted by Crippen LogP contribution is -1.99. The van der Waals surface area contributed by atoms with E-state index in [4.69, 9.17) is 11.6 Å². The van der Waals surface area contributed by atoms with E-state index in [1.807, 2.05) is 26.0 Å². The van der Waals surface area contributed by atoms with Crippen LogP contribution in [-0.4, -0.2) is 10.1 Å². The van der Waals surface area contributed by atoms with Gasteiger partial charge in [0.1, 0.15) is 5.75 Å². The van der Waals surface area contributed by atoms with E-state index < -0.39 is 0 Å². The van der Waals surface area contributed by atoms with E-state index in [0.717, 1.165) is 21.7 Å². The fraction of sp³-hybridized carbons (Fsp3) is 0.250. The number of thiazole rings is 1. The summed E-state index contributed by atoms with van der Waals surface area (Å²) >= 11 is 7.19. The standard InChI is InChI=1S/C12H13ClN2OS/c1-7-3-8(2)11(16)10(4-7)14-5-9-6-15-12(13)17-9/h3-4,6,14,16H,5H2,1-2H3. The third-order valence-corrected chi connectivity index (χ3v) is 3.54. The quantitative estimate of drug-likeness (QED) is 0.834. The molecule has 0 unspecified atom stereocenters. The van der Waals surface area contributed by atoms with Gasteiger partial charge in [-0.2, -0.15) is 0 Å². The first-order valence-electron chi connectivity index (χ1n) is 5.20. The van der Waals surface area contributed by atoms with Gasteiger partial charge in [0.25, 0.3) is 0 Å². The number of phenols is 1. The summed E-state index contributed by atoms with van der Waals surface area (Å²) in [4.78, 5) is 5.00. The molecule has 0 aliphatic rings. The molecule has 0 atom stereocenters. The highest BCUT2D eigenvalue weighted by Crippen LogP contribution is 2.29. The molecular weight excluding hydrogens is 256 g/mol. The van der Waals surface area contributed by atoms with E-state index in [-0.39, 0.29) is 0 Å². The number of halogens is 1. The van der Waals surface area contributed by atoms with Gasteiger partial charge >= 0.3 is 0 Å². The number of hydrogen-bond acceptors (Lipinski definition) is 4. The highest BCUT2D eigenvalue weighted by Gasteiger charge is 2.06. The van der Waals surface area contributed by atoms with Crippen LogP contribution in [0.1, 0.15) is 16.0 Å². The van der Waals surface area contributed by atoms with Gasteiger partial charge in [-0.05, 0) is 31.0 Å². The molecule has 17 heavy (non-hydrogen) atoms. The Morgan fingerprint density at radius 1 is 1.41 bits per heavy atom. The fourth-order valence-corrected chi connectivity index (χ4v) is 2.56. The topological polar surface area (TPSA) is 45.1 Å². The van der Waals surface area contributed by atoms with E-state index in [0.29, 0.717) is 16.8 Å². The maximum atomic E-state index is 9.90. The molecule has 0 spiro atoms. The third kappa shape index (κ3) is 2.90. The Morgan fingerprint density at radius 2 is 2.18 bits per heavy atom. The van der Waals surface area contributed by atoms with Gasteiger partial charge in [-0.3, -0.25) is 0 Å². The Bertz CT molecular complexity index is 539. The number of rotatable bonds is 3. The summed E-state index contributed by atoms with van der Waals surface area (Å²) in [5.74, 6) is 0.297. The number of anilines is 1. The van der Waals surface area contributed by atoms with Crippen molar-refractivity contribution in [3.05, 3.63) is 38.8 Å². The first-order valence-corrected chi connectivity index (χ1v) is 6.40. The number of nitrogens with one attached hydrogen (secondary N) is 1. The number of aromatic hydroxyl groups is 1. The van der Waals surface area contributed by atoms with Gasteiger partial charge in [0.15, 0.2) is 4.47 Å². The zero-order valence-corrected chi connectivity index (χ0v) is 11.2. The largest absolute Gasteiger partial charge is 0.506 e. The van der Waals surface area contributed by atoms with Gasteiger partial charge in [0.2, 0.25) is 0 Å². The molecule has 0 amide bonds. The summed E-state index contributed by atoms with van der Waals surface area (Å²) in [5.41, 5.74) is 2.73. The number of benzene rings is 1. The number of aryl methyl sites for hydroxylation is 2. The fourth-order valence-electron chi connectivity index (χ4n) is 1.64. The molecule has 3 nitrogen and oxygen atoms in total. The number of aromatic nitrogens is 1. The van der Waals surface area contributed by atoms with Crippen molar-refractivity contribution in [3.8, 4) is 5.75 Å². The van der Waals surface area contributed by atoms with Crippen LogP contribution >= 0.6 is 22.9 Å². The molecule has 1 aromatic carbocycles. The molecule has 0 saturated carbocycles. The van der Waals surface area contributed by atoms with Crippen LogP contribution in [0.2, 0.25) is 4.47 Å². The third-order valence-electron chi connectivity index (χ3n) is 2.42. The summed E-state index contributed by atoms with van der Waals surface area (Å²) in [5, 5.41) is 13.1. The Balaban J connectivity index is 2.14. The van der Waals surface area contributed by atoms with Gasteiger partial charge in [-0.25, -0.2) is 4.98 Å². The lowest BCUT2D eigenvalue weighted by molar-refractivity contribution is 0.473. The van der Waals surface area contributed by atoms with E-state index in [9.17, 15) is 5.11 Å². The van der Waals surface area contributed by atoms with Crippen molar-refractivity contribution in [2.45, 2.75) is 20.4 Å². The maximum absolute atomic E-state index is 9.90. The van der Waals surface area contributed by atoms with Crippen LogP contribution < -0.4 is 5.32 Å². The summed E-state index contributed by atoms with van der Waals surface area (Å²) in [6.07, 6.45) is 1.74. The van der Waals surface area contributed by atoms with Gasteiger partial charge in [0.05, 0.1) is 12.2 Å². The lowest BCUT2D eigenvalue weighted by Gasteiger charge is -2.10. The van der Waals surface area contributed by atoms with Crippen LogP contribution in [0, 0.1) is 13.8 Å². The summed E-state index contributed by atoms with van der Waals surface area (Å²) < 4.78 is 0.534. The molecule has 2 rings (SSSR count). The Kier molecular flexibility index (Phi) is 3.54. The SMILES string of the molecule is Cc1cc(C)c(O)c(NCc2cnc(Cl)s2)c1. The first-order chi connectivity index (χ1) is 8.06. The minimum absolute atomic E-state index is 0.297. The smallest absolute Gasteiger partial charge is 0.183 e. The van der Waals surface area contributed by atoms with Crippen LogP contribution in [-0.2, 0) is 6.54 Å². The molecule has 0 aliphatic carbocycles. The second-order valence-corrected chi connectivity index (χ2v) is 5.61. The van der Waals surface area contributed by atoms with Crippen LogP contribution in [0.15, 0.2) is 18.3 Å². The van der Waals surface area contributed by atoms with Gasteiger partial charge < -0.3 is 10.4 Å². The number of hydrogen-bond donors (Lipinski definition) is 2. The van der Waals surface area contributed by atoms with Crippen molar-refractivity contribution >= 4 is 28.6 Å². The molecule has 2 aromatic rings. The lowest BCUT2D eigenvalue weighted by atomic mass is 10.1. The predicted octanol–water partition coefficient (Wildman–Crippen LogP) is 3.73. The van der Waals surface area contributed by atoms with Gasteiger partial charge in [-0.1, -0.05) is 17.7 Å². The molecule has 0 bridgehead atoms. The van der Waals surface area contributed by atoms with Crippen molar-refractivity contribution in [1.82, 2.24) is 4.98 Å². The van der Waals surface area contributed by atoms with Crippen molar-refractivity contribution in [2.75, 3.05) is 5.32 Å². The number of nitrogens with zero attached hydrogens (tertiary/aromatic N) is 1. The van der Waals surface area contributed by atoms with Crippen LogP contribution in [0.25, 0.3) is 0 Å². The Labute approximate surface area is 109 Å². The average molecular weight is 269 g/mol. The summed E-state index contributed by atoms with van der Waals surface area (Å²) in [6.45, 7) is 4.50. The normalized spacial score (nSPS) is 10.5. The zero-order valence-electron chi connectivity index (χ0n) is 9.62. The molecule has 0 fully saturated rings. The predicted molar refractivity (Wildman–Crippen MR) is 72.0 cm³/mol. The molecule has 0 saturated heterocycles. The second kappa shape index (κ2) is 4.94. The first kappa shape index (κ1) is 12.2. The van der Waals surface area contributed by atoms with E-state index in [1.165, 1.54) is 11.3 Å². The van der Waals surface area contributed by atoms with Crippen LogP contribution in [0.3, 0.4) is 0 Å². The van der Waals surface area contributed by atoms with Gasteiger partial charge in [0, 0.05) is 11.1 Å². The highest BCUT2D eigenvalue weighted by atomic mass is 35.5. The Morgan fingerprint density at radius 3 is 2.82 bits per heavy atom. The van der Waals surface area contributed by atoms with E-state index in [1.54, 1.807) is 6.20 Å². The molecule has 1 heterocycles. The Hall–Kier alpha value is -1.26. The van der Waals surface area contributed by atoms with Crippen molar-refractivity contribution in [2.24, 2.45) is 0 Å². The molecule has 90 valence electrons. The van der Waals surface area contributed by atoms with Crippen molar-refractivity contribution in [3.63, 3.8) is 0 Å². The highest BCUT2D eigenvalue weighted by molar-refractivity contribution is 7.15. The van der Waals surface area contributed by atoms with Gasteiger partial charge in [-0.15, -0.1) is 11.3 Å².